The van der Waals surface area contributed by atoms with Crippen molar-refractivity contribution < 1.29 is 14.6 Å². The Labute approximate surface area is 117 Å². The molecule has 1 aromatic carbocycles. The Morgan fingerprint density at radius 1 is 1.45 bits per heavy atom. The van der Waals surface area contributed by atoms with Gasteiger partial charge in [-0.3, -0.25) is 0 Å². The van der Waals surface area contributed by atoms with Gasteiger partial charge in [0.05, 0.1) is 12.1 Å². The summed E-state index contributed by atoms with van der Waals surface area (Å²) in [5.41, 5.74) is 1.47. The van der Waals surface area contributed by atoms with E-state index >= 15 is 0 Å². The van der Waals surface area contributed by atoms with Gasteiger partial charge in [-0.05, 0) is 26.0 Å². The van der Waals surface area contributed by atoms with Crippen LogP contribution in [0.3, 0.4) is 0 Å². The molecule has 5 heteroatoms. The highest BCUT2D eigenvalue weighted by atomic mass is 16.5. The molecule has 0 spiro atoms. The highest BCUT2D eigenvalue weighted by Gasteiger charge is 2.12. The average molecular weight is 274 g/mol. The number of pyridine rings is 1. The van der Waals surface area contributed by atoms with Crippen LogP contribution in [0.5, 0.6) is 0 Å². The van der Waals surface area contributed by atoms with Gasteiger partial charge in [-0.1, -0.05) is 18.2 Å². The molecular weight excluding hydrogens is 256 g/mol. The average Bonchev–Trinajstić information content (AvgIpc) is 2.44. The summed E-state index contributed by atoms with van der Waals surface area (Å²) in [6.45, 7) is 5.15. The third kappa shape index (κ3) is 3.24. The Hall–Kier alpha value is -2.14. The van der Waals surface area contributed by atoms with Gasteiger partial charge in [-0.15, -0.1) is 0 Å². The van der Waals surface area contributed by atoms with Crippen LogP contribution < -0.4 is 5.32 Å². The zero-order chi connectivity index (χ0) is 14.5. The summed E-state index contributed by atoms with van der Waals surface area (Å²) in [6.07, 6.45) is 0. The Kier molecular flexibility index (Phi) is 4.53. The van der Waals surface area contributed by atoms with Crippen molar-refractivity contribution in [2.45, 2.75) is 19.9 Å². The molecular formula is C15H18N2O3. The van der Waals surface area contributed by atoms with Gasteiger partial charge >= 0.3 is 5.97 Å². The summed E-state index contributed by atoms with van der Waals surface area (Å²) < 4.78 is 5.36. The van der Waals surface area contributed by atoms with Gasteiger partial charge in [0.25, 0.3) is 0 Å². The Morgan fingerprint density at radius 2 is 2.20 bits per heavy atom. The number of hydrogen-bond donors (Lipinski definition) is 2. The van der Waals surface area contributed by atoms with Crippen molar-refractivity contribution >= 4 is 22.6 Å². The van der Waals surface area contributed by atoms with E-state index in [9.17, 15) is 4.79 Å². The van der Waals surface area contributed by atoms with Crippen molar-refractivity contribution in [3.05, 3.63) is 36.0 Å². The predicted octanol–water partition coefficient (Wildman–Crippen LogP) is 2.77. The molecule has 0 aliphatic carbocycles. The number of aromatic nitrogens is 1. The molecule has 5 nitrogen and oxygen atoms in total. The number of aromatic carboxylic acids is 1. The van der Waals surface area contributed by atoms with E-state index in [0.29, 0.717) is 18.7 Å². The maximum absolute atomic E-state index is 11.1. The number of benzene rings is 1. The summed E-state index contributed by atoms with van der Waals surface area (Å²) in [7, 11) is 0. The normalized spacial score (nSPS) is 12.3. The molecule has 0 saturated carbocycles. The minimum absolute atomic E-state index is 0.0369. The summed E-state index contributed by atoms with van der Waals surface area (Å²) in [4.78, 5) is 15.3. The summed E-state index contributed by atoms with van der Waals surface area (Å²) in [5.74, 6) is -1.03. The van der Waals surface area contributed by atoms with Crippen LogP contribution in [0, 0.1) is 0 Å². The van der Waals surface area contributed by atoms with E-state index < -0.39 is 5.97 Å². The molecule has 1 unspecified atom stereocenters. The molecule has 2 aromatic rings. The van der Waals surface area contributed by atoms with Gasteiger partial charge in [-0.25, -0.2) is 9.78 Å². The van der Waals surface area contributed by atoms with Crippen molar-refractivity contribution in [1.29, 1.82) is 0 Å². The number of fused-ring (bicyclic) bond motifs is 1. The first-order valence-electron chi connectivity index (χ1n) is 6.59. The fourth-order valence-electron chi connectivity index (χ4n) is 2.01. The number of hydrogen-bond acceptors (Lipinski definition) is 4. The van der Waals surface area contributed by atoms with E-state index in [4.69, 9.17) is 9.84 Å². The second-order valence-corrected chi connectivity index (χ2v) is 4.58. The molecule has 0 fully saturated rings. The van der Waals surface area contributed by atoms with E-state index in [0.717, 1.165) is 11.1 Å². The van der Waals surface area contributed by atoms with Crippen LogP contribution in [0.2, 0.25) is 0 Å². The highest BCUT2D eigenvalue weighted by molar-refractivity contribution is 5.97. The first kappa shape index (κ1) is 14.3. The van der Waals surface area contributed by atoms with Gasteiger partial charge in [0.15, 0.2) is 5.69 Å². The molecule has 1 aromatic heterocycles. The third-order valence-corrected chi connectivity index (χ3v) is 2.91. The molecule has 0 amide bonds. The van der Waals surface area contributed by atoms with Gasteiger partial charge in [-0.2, -0.15) is 0 Å². The lowest BCUT2D eigenvalue weighted by Crippen LogP contribution is -2.22. The van der Waals surface area contributed by atoms with Crippen LogP contribution >= 0.6 is 0 Å². The number of carbonyl (C=O) groups is 1. The number of para-hydroxylation sites is 1. The molecule has 106 valence electrons. The Balaban J connectivity index is 2.37. The van der Waals surface area contributed by atoms with Crippen molar-refractivity contribution in [3.63, 3.8) is 0 Å². The maximum atomic E-state index is 11.1. The molecule has 2 rings (SSSR count). The summed E-state index contributed by atoms with van der Waals surface area (Å²) in [5, 5.41) is 13.3. The van der Waals surface area contributed by atoms with Gasteiger partial charge in [0.2, 0.25) is 0 Å². The van der Waals surface area contributed by atoms with Gasteiger partial charge < -0.3 is 15.2 Å². The third-order valence-electron chi connectivity index (χ3n) is 2.91. The molecule has 0 saturated heterocycles. The fourth-order valence-corrected chi connectivity index (χ4v) is 2.01. The zero-order valence-electron chi connectivity index (χ0n) is 11.6. The molecule has 0 aliphatic heterocycles. The van der Waals surface area contributed by atoms with Crippen LogP contribution in [0.25, 0.3) is 10.9 Å². The lowest BCUT2D eigenvalue weighted by molar-refractivity contribution is 0.0691. The lowest BCUT2D eigenvalue weighted by atomic mass is 10.1. The van der Waals surface area contributed by atoms with E-state index in [2.05, 4.69) is 10.3 Å². The van der Waals surface area contributed by atoms with E-state index in [-0.39, 0.29) is 11.7 Å². The maximum Gasteiger partial charge on any atom is 0.354 e. The Bertz CT molecular complexity index is 613. The molecule has 0 bridgehead atoms. The molecule has 0 radical (unpaired) electrons. The van der Waals surface area contributed by atoms with Crippen LogP contribution in [-0.4, -0.2) is 35.3 Å². The minimum Gasteiger partial charge on any atom is -0.477 e. The number of carboxylic acid groups (broad SMARTS) is 1. The number of ether oxygens (including phenoxy) is 1. The number of anilines is 1. The first-order chi connectivity index (χ1) is 9.61. The first-order valence-corrected chi connectivity index (χ1v) is 6.59. The molecule has 2 N–H and O–H groups in total. The Morgan fingerprint density at radius 3 is 2.90 bits per heavy atom. The SMILES string of the molecule is CCOCC(C)Nc1cc(C(=O)O)nc2ccccc12. The lowest BCUT2D eigenvalue weighted by Gasteiger charge is -2.17. The van der Waals surface area contributed by atoms with Crippen molar-refractivity contribution in [1.82, 2.24) is 4.98 Å². The summed E-state index contributed by atoms with van der Waals surface area (Å²) in [6, 6.07) is 9.12. The number of rotatable bonds is 6. The molecule has 20 heavy (non-hydrogen) atoms. The highest BCUT2D eigenvalue weighted by Crippen LogP contribution is 2.23. The smallest absolute Gasteiger partial charge is 0.354 e. The summed E-state index contributed by atoms with van der Waals surface area (Å²) >= 11 is 0. The monoisotopic (exact) mass is 274 g/mol. The standard InChI is InChI=1S/C15H18N2O3/c1-3-20-9-10(2)16-13-8-14(15(18)19)17-12-7-5-4-6-11(12)13/h4-8,10H,3,9H2,1-2H3,(H,16,17)(H,18,19). The van der Waals surface area contributed by atoms with Gasteiger partial charge in [0.1, 0.15) is 0 Å². The van der Waals surface area contributed by atoms with Crippen molar-refractivity contribution in [2.75, 3.05) is 18.5 Å². The predicted molar refractivity (Wildman–Crippen MR) is 78.3 cm³/mol. The number of nitrogens with zero attached hydrogens (tertiary/aromatic N) is 1. The van der Waals surface area contributed by atoms with Crippen LogP contribution in [0.1, 0.15) is 24.3 Å². The fraction of sp³-hybridized carbons (Fsp3) is 0.333. The van der Waals surface area contributed by atoms with E-state index in [1.54, 1.807) is 12.1 Å². The van der Waals surface area contributed by atoms with Crippen LogP contribution in [0.4, 0.5) is 5.69 Å². The quantitative estimate of drug-likeness (QED) is 0.847. The van der Waals surface area contributed by atoms with E-state index in [1.165, 1.54) is 0 Å². The molecule has 1 atom stereocenters. The van der Waals surface area contributed by atoms with Gasteiger partial charge in [0, 0.05) is 23.7 Å². The number of nitrogens with one attached hydrogen (secondary N) is 1. The van der Waals surface area contributed by atoms with Crippen molar-refractivity contribution in [3.8, 4) is 0 Å². The van der Waals surface area contributed by atoms with Crippen LogP contribution in [0.15, 0.2) is 30.3 Å². The zero-order valence-corrected chi connectivity index (χ0v) is 11.6. The largest absolute Gasteiger partial charge is 0.477 e. The minimum atomic E-state index is -1.03. The second-order valence-electron chi connectivity index (χ2n) is 4.58. The van der Waals surface area contributed by atoms with Crippen LogP contribution in [-0.2, 0) is 4.74 Å². The molecule has 1 heterocycles. The second kappa shape index (κ2) is 6.34. The molecule has 0 aliphatic rings. The van der Waals surface area contributed by atoms with Crippen molar-refractivity contribution in [2.24, 2.45) is 0 Å². The van der Waals surface area contributed by atoms with E-state index in [1.807, 2.05) is 32.0 Å². The number of carboxylic acids is 1. The topological polar surface area (TPSA) is 71.5 Å².